The van der Waals surface area contributed by atoms with Crippen LogP contribution in [0.1, 0.15) is 18.9 Å². The summed E-state index contributed by atoms with van der Waals surface area (Å²) >= 11 is 0. The number of nitrogens with zero attached hydrogens (tertiary/aromatic N) is 3. The molecule has 2 heterocycles. The van der Waals surface area contributed by atoms with Crippen molar-refractivity contribution in [2.75, 3.05) is 6.61 Å². The van der Waals surface area contributed by atoms with E-state index < -0.39 is 16.9 Å². The highest BCUT2D eigenvalue weighted by atomic mass is 19.4. The first-order valence-corrected chi connectivity index (χ1v) is 7.97. The third-order valence-electron chi connectivity index (χ3n) is 3.97. The van der Waals surface area contributed by atoms with Gasteiger partial charge in [-0.2, -0.15) is 0 Å². The first kappa shape index (κ1) is 19.0. The summed E-state index contributed by atoms with van der Waals surface area (Å²) in [4.78, 5) is 14.0. The molecule has 27 heavy (non-hydrogen) atoms. The van der Waals surface area contributed by atoms with Crippen molar-refractivity contribution in [3.05, 3.63) is 46.1 Å². The molecule has 0 N–H and O–H groups in total. The van der Waals surface area contributed by atoms with Gasteiger partial charge < -0.3 is 24.3 Å². The third-order valence-corrected chi connectivity index (χ3v) is 3.97. The number of aromatic nitrogens is 2. The first-order chi connectivity index (χ1) is 12.6. The lowest BCUT2D eigenvalue weighted by Gasteiger charge is -2.32. The van der Waals surface area contributed by atoms with Gasteiger partial charge in [0.05, 0.1) is 13.2 Å². The van der Waals surface area contributed by atoms with Crippen LogP contribution in [0, 0.1) is 10.1 Å². The first-order valence-electron chi connectivity index (χ1n) is 7.97. The molecule has 0 saturated carbocycles. The van der Waals surface area contributed by atoms with Gasteiger partial charge in [0, 0.05) is 17.9 Å². The second kappa shape index (κ2) is 7.06. The Morgan fingerprint density at radius 2 is 2.07 bits per heavy atom. The fourth-order valence-corrected chi connectivity index (χ4v) is 2.62. The summed E-state index contributed by atoms with van der Waals surface area (Å²) in [7, 11) is 0. The second-order valence-electron chi connectivity index (χ2n) is 6.32. The minimum atomic E-state index is -4.73. The number of halogens is 3. The van der Waals surface area contributed by atoms with Gasteiger partial charge in [0.2, 0.25) is 0 Å². The Hall–Kier alpha value is -2.82. The summed E-state index contributed by atoms with van der Waals surface area (Å²) in [6, 6.07) is 5.53. The molecule has 1 aromatic heterocycles. The van der Waals surface area contributed by atoms with Crippen molar-refractivity contribution in [1.29, 1.82) is 0 Å². The number of hydrogen-bond acceptors (Lipinski definition) is 6. The van der Waals surface area contributed by atoms with Gasteiger partial charge in [0.15, 0.2) is 0 Å². The quantitative estimate of drug-likeness (QED) is 0.557. The smallest absolute Gasteiger partial charge is 0.437 e. The van der Waals surface area contributed by atoms with Crippen molar-refractivity contribution in [2.45, 2.75) is 38.5 Å². The number of ether oxygens (including phenoxy) is 3. The van der Waals surface area contributed by atoms with Gasteiger partial charge in [-0.1, -0.05) is 12.1 Å². The Labute approximate surface area is 151 Å². The van der Waals surface area contributed by atoms with Crippen molar-refractivity contribution >= 4 is 5.82 Å². The van der Waals surface area contributed by atoms with Crippen molar-refractivity contribution < 1.29 is 32.3 Å². The van der Waals surface area contributed by atoms with Crippen LogP contribution in [0.3, 0.4) is 0 Å². The molecule has 0 spiro atoms. The summed E-state index contributed by atoms with van der Waals surface area (Å²) in [5.74, 6) is -0.585. The minimum Gasteiger partial charge on any atom is -0.437 e. The molecule has 0 amide bonds. The van der Waals surface area contributed by atoms with E-state index in [1.165, 1.54) is 30.5 Å². The molecule has 0 bridgehead atoms. The monoisotopic (exact) mass is 387 g/mol. The van der Waals surface area contributed by atoms with Crippen molar-refractivity contribution in [2.24, 2.45) is 0 Å². The van der Waals surface area contributed by atoms with Crippen LogP contribution in [-0.4, -0.2) is 33.0 Å². The highest BCUT2D eigenvalue weighted by Gasteiger charge is 2.37. The Kier molecular flexibility index (Phi) is 4.96. The Morgan fingerprint density at radius 3 is 2.70 bits per heavy atom. The van der Waals surface area contributed by atoms with Crippen LogP contribution in [0.2, 0.25) is 0 Å². The predicted molar refractivity (Wildman–Crippen MR) is 85.3 cm³/mol. The predicted octanol–water partition coefficient (Wildman–Crippen LogP) is 3.45. The normalized spacial score (nSPS) is 19.3. The molecule has 0 radical (unpaired) electrons. The molecule has 1 unspecified atom stereocenters. The standard InChI is InChI=1S/C16H16F3N3O5/c1-15(6-7-21-8-13(22(23)24)20-14(21)27-15)10-25-9-11-2-4-12(5-3-11)26-16(17,18)19/h2-5,8H,6-7,9-10H2,1H3. The molecule has 11 heteroatoms. The Morgan fingerprint density at radius 1 is 1.37 bits per heavy atom. The zero-order valence-corrected chi connectivity index (χ0v) is 14.2. The third kappa shape index (κ3) is 4.88. The van der Waals surface area contributed by atoms with Crippen LogP contribution in [0.15, 0.2) is 30.5 Å². The number of aryl methyl sites for hydroxylation is 1. The molecule has 1 aliphatic rings. The zero-order valence-electron chi connectivity index (χ0n) is 14.2. The van der Waals surface area contributed by atoms with E-state index in [1.807, 2.05) is 0 Å². The van der Waals surface area contributed by atoms with Gasteiger partial charge in [-0.15, -0.1) is 13.2 Å². The molecule has 1 atom stereocenters. The molecular weight excluding hydrogens is 371 g/mol. The molecule has 3 rings (SSSR count). The topological polar surface area (TPSA) is 88.7 Å². The summed E-state index contributed by atoms with van der Waals surface area (Å²) < 4.78 is 53.1. The number of nitro groups is 1. The van der Waals surface area contributed by atoms with E-state index in [1.54, 1.807) is 11.5 Å². The lowest BCUT2D eigenvalue weighted by molar-refractivity contribution is -0.389. The molecule has 1 aliphatic heterocycles. The highest BCUT2D eigenvalue weighted by Crippen LogP contribution is 2.30. The SMILES string of the molecule is CC1(COCc2ccc(OC(F)(F)F)cc2)CCn2cc([N+](=O)[O-])nc2O1. The molecule has 2 aromatic rings. The Bertz CT molecular complexity index is 822. The van der Waals surface area contributed by atoms with E-state index >= 15 is 0 Å². The van der Waals surface area contributed by atoms with Gasteiger partial charge in [0.1, 0.15) is 17.5 Å². The zero-order chi connectivity index (χ0) is 19.7. The molecular formula is C16H16F3N3O5. The fourth-order valence-electron chi connectivity index (χ4n) is 2.62. The van der Waals surface area contributed by atoms with E-state index in [0.29, 0.717) is 18.5 Å². The number of alkyl halides is 3. The van der Waals surface area contributed by atoms with Gasteiger partial charge >= 0.3 is 18.2 Å². The van der Waals surface area contributed by atoms with E-state index in [-0.39, 0.29) is 30.8 Å². The second-order valence-corrected chi connectivity index (χ2v) is 6.32. The summed E-state index contributed by atoms with van der Waals surface area (Å²) in [6.07, 6.45) is -2.85. The maximum absolute atomic E-state index is 12.1. The van der Waals surface area contributed by atoms with E-state index in [0.717, 1.165) is 0 Å². The molecule has 8 nitrogen and oxygen atoms in total. The largest absolute Gasteiger partial charge is 0.573 e. The maximum atomic E-state index is 12.1. The minimum absolute atomic E-state index is 0.160. The molecule has 146 valence electrons. The van der Waals surface area contributed by atoms with E-state index in [2.05, 4.69) is 9.72 Å². The molecule has 0 aliphatic carbocycles. The van der Waals surface area contributed by atoms with Gasteiger partial charge in [-0.25, -0.2) is 0 Å². The average Bonchev–Trinajstić information content (AvgIpc) is 2.98. The van der Waals surface area contributed by atoms with Gasteiger partial charge in [-0.05, 0) is 29.5 Å². The van der Waals surface area contributed by atoms with Crippen LogP contribution in [0.5, 0.6) is 11.8 Å². The lowest BCUT2D eigenvalue weighted by Crippen LogP contribution is -2.42. The van der Waals surface area contributed by atoms with Crippen LogP contribution >= 0.6 is 0 Å². The number of imidazole rings is 1. The van der Waals surface area contributed by atoms with Crippen LogP contribution in [0.4, 0.5) is 19.0 Å². The lowest BCUT2D eigenvalue weighted by atomic mass is 10.0. The maximum Gasteiger partial charge on any atom is 0.573 e. The Balaban J connectivity index is 1.53. The average molecular weight is 387 g/mol. The molecule has 1 aromatic carbocycles. The summed E-state index contributed by atoms with van der Waals surface area (Å²) in [5.41, 5.74) is -0.0461. The summed E-state index contributed by atoms with van der Waals surface area (Å²) in [6.45, 7) is 2.66. The number of hydrogen-bond donors (Lipinski definition) is 0. The number of benzene rings is 1. The van der Waals surface area contributed by atoms with Crippen LogP contribution < -0.4 is 9.47 Å². The van der Waals surface area contributed by atoms with Crippen molar-refractivity contribution in [1.82, 2.24) is 9.55 Å². The summed E-state index contributed by atoms with van der Waals surface area (Å²) in [5, 5.41) is 10.8. The van der Waals surface area contributed by atoms with Gasteiger partial charge in [-0.3, -0.25) is 4.57 Å². The number of fused-ring (bicyclic) bond motifs is 1. The fraction of sp³-hybridized carbons (Fsp3) is 0.438. The van der Waals surface area contributed by atoms with E-state index in [9.17, 15) is 23.3 Å². The highest BCUT2D eigenvalue weighted by molar-refractivity contribution is 5.27. The van der Waals surface area contributed by atoms with Crippen molar-refractivity contribution in [3.8, 4) is 11.8 Å². The van der Waals surface area contributed by atoms with E-state index in [4.69, 9.17) is 9.47 Å². The van der Waals surface area contributed by atoms with Crippen molar-refractivity contribution in [3.63, 3.8) is 0 Å². The van der Waals surface area contributed by atoms with Crippen LogP contribution in [-0.2, 0) is 17.9 Å². The molecule has 0 fully saturated rings. The van der Waals surface area contributed by atoms with Gasteiger partial charge in [0.25, 0.3) is 0 Å². The number of rotatable bonds is 6. The van der Waals surface area contributed by atoms with Crippen LogP contribution in [0.25, 0.3) is 0 Å². The molecule has 0 saturated heterocycles.